The Morgan fingerprint density at radius 2 is 2.00 bits per heavy atom. The second-order valence-electron chi connectivity index (χ2n) is 2.85. The lowest BCUT2D eigenvalue weighted by Crippen LogP contribution is -2.01. The summed E-state index contributed by atoms with van der Waals surface area (Å²) in [4.78, 5) is 0. The normalized spacial score (nSPS) is 10.4. The monoisotopic (exact) mass is 192 g/mol. The van der Waals surface area contributed by atoms with E-state index in [1.165, 1.54) is 6.07 Å². The van der Waals surface area contributed by atoms with E-state index in [2.05, 4.69) is 10.2 Å². The molecule has 5 heteroatoms. The van der Waals surface area contributed by atoms with E-state index in [-0.39, 0.29) is 12.4 Å². The Balaban J connectivity index is 2.46. The minimum absolute atomic E-state index is 0.182. The third kappa shape index (κ3) is 1.49. The predicted octanol–water partition coefficient (Wildman–Crippen LogP) is 0.865. The highest BCUT2D eigenvalue weighted by atomic mass is 19.1. The summed E-state index contributed by atoms with van der Waals surface area (Å²) in [6.45, 7) is 0.182. The van der Waals surface area contributed by atoms with E-state index in [1.54, 1.807) is 29.4 Å². The van der Waals surface area contributed by atoms with E-state index in [4.69, 9.17) is 5.73 Å². The number of nitrogens with two attached hydrogens (primary N) is 1. The molecular formula is C9H9FN4. The summed E-state index contributed by atoms with van der Waals surface area (Å²) in [7, 11) is 0. The number of halogens is 1. The third-order valence-electron chi connectivity index (χ3n) is 1.97. The minimum atomic E-state index is -0.288. The molecule has 1 heterocycles. The van der Waals surface area contributed by atoms with Gasteiger partial charge in [-0.25, -0.2) is 4.39 Å². The molecule has 0 bridgehead atoms. The van der Waals surface area contributed by atoms with Crippen LogP contribution in [0.25, 0.3) is 5.69 Å². The molecule has 72 valence electrons. The molecule has 0 amide bonds. The Labute approximate surface area is 80.2 Å². The number of rotatable bonds is 2. The minimum Gasteiger partial charge on any atom is -0.326 e. The number of aromatic nitrogens is 3. The summed E-state index contributed by atoms with van der Waals surface area (Å²) in [6, 6.07) is 4.72. The van der Waals surface area contributed by atoms with E-state index < -0.39 is 0 Å². The molecule has 1 aromatic carbocycles. The van der Waals surface area contributed by atoms with Gasteiger partial charge < -0.3 is 5.73 Å². The fraction of sp³-hybridized carbons (Fsp3) is 0.111. The zero-order chi connectivity index (χ0) is 9.97. The van der Waals surface area contributed by atoms with Crippen LogP contribution in [0.1, 0.15) is 5.56 Å². The van der Waals surface area contributed by atoms with Gasteiger partial charge in [0, 0.05) is 17.8 Å². The zero-order valence-corrected chi connectivity index (χ0v) is 7.39. The molecule has 0 fully saturated rings. The topological polar surface area (TPSA) is 56.7 Å². The van der Waals surface area contributed by atoms with Crippen LogP contribution < -0.4 is 5.73 Å². The second-order valence-corrected chi connectivity index (χ2v) is 2.85. The Kier molecular flexibility index (Phi) is 2.24. The van der Waals surface area contributed by atoms with Crippen molar-refractivity contribution < 1.29 is 4.39 Å². The van der Waals surface area contributed by atoms with Crippen LogP contribution in [0.3, 0.4) is 0 Å². The predicted molar refractivity (Wildman–Crippen MR) is 49.2 cm³/mol. The van der Waals surface area contributed by atoms with E-state index in [0.717, 1.165) is 5.69 Å². The van der Waals surface area contributed by atoms with Crippen LogP contribution in [-0.4, -0.2) is 14.8 Å². The molecule has 0 unspecified atom stereocenters. The molecule has 0 saturated heterocycles. The summed E-state index contributed by atoms with van der Waals surface area (Å²) < 4.78 is 14.8. The molecule has 1 aromatic heterocycles. The van der Waals surface area contributed by atoms with Crippen molar-refractivity contribution in [2.45, 2.75) is 6.54 Å². The van der Waals surface area contributed by atoms with E-state index in [0.29, 0.717) is 5.56 Å². The van der Waals surface area contributed by atoms with Crippen molar-refractivity contribution in [1.82, 2.24) is 14.8 Å². The fourth-order valence-electron chi connectivity index (χ4n) is 1.21. The summed E-state index contributed by atoms with van der Waals surface area (Å²) >= 11 is 0. The van der Waals surface area contributed by atoms with Gasteiger partial charge in [0.1, 0.15) is 18.5 Å². The van der Waals surface area contributed by atoms with Gasteiger partial charge in [0.05, 0.1) is 0 Å². The highest BCUT2D eigenvalue weighted by molar-refractivity contribution is 5.36. The third-order valence-corrected chi connectivity index (χ3v) is 1.97. The van der Waals surface area contributed by atoms with Crippen LogP contribution in [0.5, 0.6) is 0 Å². The Morgan fingerprint density at radius 1 is 1.29 bits per heavy atom. The van der Waals surface area contributed by atoms with Crippen LogP contribution in [-0.2, 0) is 6.54 Å². The van der Waals surface area contributed by atoms with Crippen LogP contribution in [0.15, 0.2) is 30.9 Å². The van der Waals surface area contributed by atoms with Crippen molar-refractivity contribution >= 4 is 0 Å². The first-order valence-corrected chi connectivity index (χ1v) is 4.15. The first-order chi connectivity index (χ1) is 6.81. The molecule has 0 saturated carbocycles. The molecular weight excluding hydrogens is 183 g/mol. The molecule has 0 aliphatic heterocycles. The number of hydrogen-bond acceptors (Lipinski definition) is 3. The highest BCUT2D eigenvalue weighted by Gasteiger charge is 2.02. The average molecular weight is 192 g/mol. The molecule has 0 radical (unpaired) electrons. The van der Waals surface area contributed by atoms with Gasteiger partial charge in [-0.05, 0) is 18.2 Å². The average Bonchev–Trinajstić information content (AvgIpc) is 2.71. The fourth-order valence-corrected chi connectivity index (χ4v) is 1.21. The summed E-state index contributed by atoms with van der Waals surface area (Å²) in [6.07, 6.45) is 3.10. The molecule has 2 N–H and O–H groups in total. The van der Waals surface area contributed by atoms with Crippen molar-refractivity contribution in [2.75, 3.05) is 0 Å². The quantitative estimate of drug-likeness (QED) is 0.767. The van der Waals surface area contributed by atoms with Crippen molar-refractivity contribution in [3.8, 4) is 5.69 Å². The van der Waals surface area contributed by atoms with E-state index in [1.807, 2.05) is 0 Å². The van der Waals surface area contributed by atoms with Crippen molar-refractivity contribution in [3.05, 3.63) is 42.2 Å². The number of hydrogen-bond donors (Lipinski definition) is 1. The van der Waals surface area contributed by atoms with Crippen LogP contribution >= 0.6 is 0 Å². The summed E-state index contributed by atoms with van der Waals surface area (Å²) in [5.41, 5.74) is 6.68. The Morgan fingerprint density at radius 3 is 2.64 bits per heavy atom. The molecule has 0 aliphatic carbocycles. The Hall–Kier alpha value is -1.75. The molecule has 0 spiro atoms. The lowest BCUT2D eigenvalue weighted by molar-refractivity contribution is 0.610. The van der Waals surface area contributed by atoms with Gasteiger partial charge in [-0.2, -0.15) is 0 Å². The number of benzene rings is 1. The standard InChI is InChI=1S/C9H9FN4/c10-9-2-1-8(3-7(9)4-11)14-5-12-13-6-14/h1-3,5-6H,4,11H2. The smallest absolute Gasteiger partial charge is 0.127 e. The van der Waals surface area contributed by atoms with Gasteiger partial charge in [-0.15, -0.1) is 10.2 Å². The second kappa shape index (κ2) is 3.55. The highest BCUT2D eigenvalue weighted by Crippen LogP contribution is 2.12. The van der Waals surface area contributed by atoms with Gasteiger partial charge in [-0.3, -0.25) is 4.57 Å². The van der Waals surface area contributed by atoms with Gasteiger partial charge >= 0.3 is 0 Å². The van der Waals surface area contributed by atoms with Gasteiger partial charge in [-0.1, -0.05) is 0 Å². The van der Waals surface area contributed by atoms with E-state index in [9.17, 15) is 4.39 Å². The first kappa shape index (κ1) is 8.83. The van der Waals surface area contributed by atoms with E-state index >= 15 is 0 Å². The maximum atomic E-state index is 13.1. The van der Waals surface area contributed by atoms with Crippen molar-refractivity contribution in [2.24, 2.45) is 5.73 Å². The van der Waals surface area contributed by atoms with Crippen molar-refractivity contribution in [3.63, 3.8) is 0 Å². The maximum Gasteiger partial charge on any atom is 0.127 e. The van der Waals surface area contributed by atoms with Gasteiger partial charge in [0.15, 0.2) is 0 Å². The largest absolute Gasteiger partial charge is 0.326 e. The molecule has 14 heavy (non-hydrogen) atoms. The van der Waals surface area contributed by atoms with Gasteiger partial charge in [0.25, 0.3) is 0 Å². The lowest BCUT2D eigenvalue weighted by Gasteiger charge is -2.04. The van der Waals surface area contributed by atoms with Gasteiger partial charge in [0.2, 0.25) is 0 Å². The molecule has 4 nitrogen and oxygen atoms in total. The van der Waals surface area contributed by atoms with Crippen molar-refractivity contribution in [1.29, 1.82) is 0 Å². The SMILES string of the molecule is NCc1cc(-n2cnnc2)ccc1F. The molecule has 0 atom stereocenters. The first-order valence-electron chi connectivity index (χ1n) is 4.15. The van der Waals surface area contributed by atoms with Crippen LogP contribution in [0.4, 0.5) is 4.39 Å². The molecule has 2 aromatic rings. The van der Waals surface area contributed by atoms with Crippen LogP contribution in [0, 0.1) is 5.82 Å². The van der Waals surface area contributed by atoms with Crippen LogP contribution in [0.2, 0.25) is 0 Å². The Bertz CT molecular complexity index is 424. The zero-order valence-electron chi connectivity index (χ0n) is 7.39. The maximum absolute atomic E-state index is 13.1. The summed E-state index contributed by atoms with van der Waals surface area (Å²) in [5.74, 6) is -0.288. The summed E-state index contributed by atoms with van der Waals surface area (Å²) in [5, 5.41) is 7.33. The lowest BCUT2D eigenvalue weighted by atomic mass is 10.2. The molecule has 2 rings (SSSR count). The molecule has 0 aliphatic rings. The number of nitrogens with zero attached hydrogens (tertiary/aromatic N) is 3.